The van der Waals surface area contributed by atoms with E-state index in [4.69, 9.17) is 18.9 Å². The van der Waals surface area contributed by atoms with Gasteiger partial charge in [0.1, 0.15) is 36.8 Å². The number of hydrogen-bond donors (Lipinski definition) is 4. The predicted molar refractivity (Wildman–Crippen MR) is 303 cm³/mol. The highest BCUT2D eigenvalue weighted by molar-refractivity contribution is 7.85. The van der Waals surface area contributed by atoms with Crippen LogP contribution in [-0.2, 0) is 38.7 Å². The number of rotatable bonds is 55. The van der Waals surface area contributed by atoms with E-state index in [0.29, 0.717) is 12.8 Å². The highest BCUT2D eigenvalue weighted by Gasteiger charge is 2.46. The molecule has 0 saturated carbocycles. The Labute approximate surface area is 454 Å². The van der Waals surface area contributed by atoms with E-state index >= 15 is 0 Å². The van der Waals surface area contributed by atoms with Gasteiger partial charge in [-0.05, 0) is 32.1 Å². The first-order valence-electron chi connectivity index (χ1n) is 31.2. The Balaban J connectivity index is 2.27. The summed E-state index contributed by atoms with van der Waals surface area (Å²) in [5.41, 5.74) is 0. The van der Waals surface area contributed by atoms with Gasteiger partial charge in [-0.1, -0.05) is 276 Å². The Hall–Kier alpha value is -1.61. The number of unbranched alkanes of at least 4 members (excludes halogenated alkanes) is 41. The third kappa shape index (κ3) is 44.4. The first-order chi connectivity index (χ1) is 36.0. The number of esters is 2. The molecule has 0 radical (unpaired) electrons. The van der Waals surface area contributed by atoms with Crippen LogP contribution in [0.3, 0.4) is 0 Å². The van der Waals surface area contributed by atoms with Crippen molar-refractivity contribution in [3.05, 3.63) is 12.2 Å². The number of carbonyl (C=O) groups is 2. The first kappa shape index (κ1) is 70.4. The van der Waals surface area contributed by atoms with Crippen molar-refractivity contribution in [1.82, 2.24) is 0 Å². The molecular weight excluding hydrogens is 957 g/mol. The van der Waals surface area contributed by atoms with Crippen molar-refractivity contribution in [2.75, 3.05) is 19.0 Å². The number of aliphatic hydroxyl groups is 3. The molecule has 1 fully saturated rings. The van der Waals surface area contributed by atoms with Gasteiger partial charge in [-0.15, -0.1) is 0 Å². The van der Waals surface area contributed by atoms with Gasteiger partial charge in [-0.25, -0.2) is 0 Å². The van der Waals surface area contributed by atoms with Crippen LogP contribution in [0.1, 0.15) is 309 Å². The second kappa shape index (κ2) is 50.9. The van der Waals surface area contributed by atoms with Crippen molar-refractivity contribution >= 4 is 22.1 Å². The van der Waals surface area contributed by atoms with E-state index in [1.165, 1.54) is 238 Å². The normalized spacial score (nSPS) is 18.6. The van der Waals surface area contributed by atoms with Crippen molar-refractivity contribution in [2.24, 2.45) is 0 Å². The molecule has 6 atom stereocenters. The minimum Gasteiger partial charge on any atom is -0.462 e. The van der Waals surface area contributed by atoms with Crippen molar-refractivity contribution in [3.8, 4) is 0 Å². The molecule has 438 valence electrons. The molecule has 0 aromatic rings. The van der Waals surface area contributed by atoms with E-state index in [2.05, 4.69) is 26.0 Å². The molecule has 1 heterocycles. The number of hydrogen-bond acceptors (Lipinski definition) is 11. The Morgan fingerprint density at radius 1 is 0.446 bits per heavy atom. The third-order valence-electron chi connectivity index (χ3n) is 14.8. The van der Waals surface area contributed by atoms with Gasteiger partial charge in [-0.2, -0.15) is 8.42 Å². The lowest BCUT2D eigenvalue weighted by Gasteiger charge is -2.40. The summed E-state index contributed by atoms with van der Waals surface area (Å²) >= 11 is 0. The number of aliphatic hydroxyl groups excluding tert-OH is 3. The second-order valence-corrected chi connectivity index (χ2v) is 23.6. The molecule has 0 aromatic carbocycles. The van der Waals surface area contributed by atoms with Crippen LogP contribution < -0.4 is 0 Å². The standard InChI is InChI=1S/C61H116O12S/c1-3-5-7-9-11-13-15-17-19-21-23-25-27-29-31-33-35-37-39-41-43-45-47-49-56(62)70-51-54(52-71-61-60(66)59(65)58(64)55(73-61)53-74(67,68)69)72-57(63)50-48-46-44-42-40-38-36-34-32-30-28-26-24-22-20-18-16-14-12-10-8-6-4-2/h41,43,54-55,58-61,64-66H,3-40,42,44-53H2,1-2H3,(H,67,68,69)/b43-41+/t54-,55-,58-,59?,60?,61+/m1/s1. The summed E-state index contributed by atoms with van der Waals surface area (Å²) in [5, 5.41) is 31.1. The lowest BCUT2D eigenvalue weighted by Crippen LogP contribution is -2.60. The van der Waals surface area contributed by atoms with Gasteiger partial charge < -0.3 is 34.3 Å². The van der Waals surface area contributed by atoms with Gasteiger partial charge in [0.05, 0.1) is 6.61 Å². The van der Waals surface area contributed by atoms with Gasteiger partial charge in [0, 0.05) is 12.8 Å². The van der Waals surface area contributed by atoms with E-state index in [1.54, 1.807) is 0 Å². The second-order valence-electron chi connectivity index (χ2n) is 22.1. The molecule has 12 nitrogen and oxygen atoms in total. The summed E-state index contributed by atoms with van der Waals surface area (Å²) in [7, 11) is -4.61. The Bertz CT molecular complexity index is 1390. The van der Waals surface area contributed by atoms with E-state index in [0.717, 1.165) is 32.1 Å². The number of ether oxygens (including phenoxy) is 4. The predicted octanol–water partition coefficient (Wildman–Crippen LogP) is 15.7. The van der Waals surface area contributed by atoms with Gasteiger partial charge in [0.2, 0.25) is 0 Å². The quantitative estimate of drug-likeness (QED) is 0.0196. The molecule has 1 aliphatic rings. The molecule has 1 aliphatic heterocycles. The fraction of sp³-hybridized carbons (Fsp3) is 0.934. The molecule has 2 unspecified atom stereocenters. The minimum atomic E-state index is -4.61. The fourth-order valence-corrected chi connectivity index (χ4v) is 10.7. The summed E-state index contributed by atoms with van der Waals surface area (Å²) in [6.07, 6.45) is 51.3. The van der Waals surface area contributed by atoms with Crippen LogP contribution >= 0.6 is 0 Å². The lowest BCUT2D eigenvalue weighted by atomic mass is 10.00. The van der Waals surface area contributed by atoms with E-state index in [9.17, 15) is 37.9 Å². The molecule has 13 heteroatoms. The van der Waals surface area contributed by atoms with Crippen LogP contribution in [0.15, 0.2) is 12.2 Å². The smallest absolute Gasteiger partial charge is 0.306 e. The lowest BCUT2D eigenvalue weighted by molar-refractivity contribution is -0.297. The molecule has 0 spiro atoms. The summed E-state index contributed by atoms with van der Waals surface area (Å²) in [4.78, 5) is 25.7. The van der Waals surface area contributed by atoms with Crippen LogP contribution in [0.4, 0.5) is 0 Å². The molecule has 0 aromatic heterocycles. The van der Waals surface area contributed by atoms with Gasteiger partial charge in [0.15, 0.2) is 12.4 Å². The van der Waals surface area contributed by atoms with E-state index < -0.39 is 71.2 Å². The van der Waals surface area contributed by atoms with Gasteiger partial charge in [0.25, 0.3) is 10.1 Å². The fourth-order valence-electron chi connectivity index (χ4n) is 10.0. The topological polar surface area (TPSA) is 186 Å². The average Bonchev–Trinajstić information content (AvgIpc) is 3.37. The maximum absolute atomic E-state index is 12.9. The third-order valence-corrected chi connectivity index (χ3v) is 15.6. The zero-order chi connectivity index (χ0) is 54.0. The highest BCUT2D eigenvalue weighted by atomic mass is 32.2. The van der Waals surface area contributed by atoms with Crippen molar-refractivity contribution in [1.29, 1.82) is 0 Å². The molecule has 1 rings (SSSR count). The van der Waals surface area contributed by atoms with Crippen LogP contribution in [0, 0.1) is 0 Å². The van der Waals surface area contributed by atoms with Crippen molar-refractivity contribution < 1.29 is 56.8 Å². The van der Waals surface area contributed by atoms with Crippen LogP contribution in [0.2, 0.25) is 0 Å². The van der Waals surface area contributed by atoms with Crippen LogP contribution in [0.5, 0.6) is 0 Å². The maximum Gasteiger partial charge on any atom is 0.306 e. The molecule has 0 aliphatic carbocycles. The van der Waals surface area contributed by atoms with Gasteiger partial charge in [-0.3, -0.25) is 14.1 Å². The highest BCUT2D eigenvalue weighted by Crippen LogP contribution is 2.24. The van der Waals surface area contributed by atoms with Crippen molar-refractivity contribution in [2.45, 2.75) is 346 Å². The minimum absolute atomic E-state index is 0.166. The monoisotopic (exact) mass is 1070 g/mol. The largest absolute Gasteiger partial charge is 0.462 e. The summed E-state index contributed by atoms with van der Waals surface area (Å²) < 4.78 is 54.5. The SMILES string of the molecule is CCCCCCCCCCCCCCCCCCCC/C=C/CCCC(=O)OC[C@H](CO[C@H]1O[C@H](CS(=O)(=O)O)[C@@H](O)C(O)C1O)OC(=O)CCCCCCCCCCCCCCCCCCCCCCCCC. The van der Waals surface area contributed by atoms with Gasteiger partial charge >= 0.3 is 11.9 Å². The zero-order valence-corrected chi connectivity index (χ0v) is 48.5. The van der Waals surface area contributed by atoms with Crippen molar-refractivity contribution in [3.63, 3.8) is 0 Å². The summed E-state index contributed by atoms with van der Waals surface area (Å²) in [5.74, 6) is -2.00. The first-order valence-corrected chi connectivity index (χ1v) is 32.9. The van der Waals surface area contributed by atoms with Crippen LogP contribution in [-0.4, -0.2) is 96.0 Å². The summed E-state index contributed by atoms with van der Waals surface area (Å²) in [6, 6.07) is 0. The number of allylic oxidation sites excluding steroid dienone is 2. The molecule has 74 heavy (non-hydrogen) atoms. The Morgan fingerprint density at radius 3 is 1.16 bits per heavy atom. The molecule has 0 amide bonds. The summed E-state index contributed by atoms with van der Waals surface area (Å²) in [6.45, 7) is 3.82. The molecule has 4 N–H and O–H groups in total. The van der Waals surface area contributed by atoms with E-state index in [1.807, 2.05) is 0 Å². The van der Waals surface area contributed by atoms with Crippen LogP contribution in [0.25, 0.3) is 0 Å². The van der Waals surface area contributed by atoms with E-state index in [-0.39, 0.29) is 19.4 Å². The molecular formula is C61H116O12S. The zero-order valence-electron chi connectivity index (χ0n) is 47.7. The Morgan fingerprint density at radius 2 is 0.784 bits per heavy atom. The average molecular weight is 1070 g/mol. The maximum atomic E-state index is 12.9. The molecule has 1 saturated heterocycles. The Kier molecular flexibility index (Phi) is 48.4. The molecule has 0 bridgehead atoms. The number of carbonyl (C=O) groups excluding carboxylic acids is 2.